The average molecular weight is 248 g/mol. The van der Waals surface area contributed by atoms with E-state index in [-0.39, 0.29) is 17.2 Å². The van der Waals surface area contributed by atoms with E-state index in [4.69, 9.17) is 5.73 Å². The van der Waals surface area contributed by atoms with Crippen molar-refractivity contribution in [2.75, 3.05) is 12.3 Å². The quantitative estimate of drug-likeness (QED) is 0.805. The minimum Gasteiger partial charge on any atom is -0.399 e. The zero-order valence-corrected chi connectivity index (χ0v) is 11.8. The van der Waals surface area contributed by atoms with E-state index in [1.807, 2.05) is 31.2 Å². The second kappa shape index (κ2) is 5.89. The van der Waals surface area contributed by atoms with Gasteiger partial charge in [0.2, 0.25) is 5.91 Å². The molecular formula is C15H24N2O. The minimum atomic E-state index is 0.00524. The maximum atomic E-state index is 11.9. The summed E-state index contributed by atoms with van der Waals surface area (Å²) in [5, 5.41) is 2.98. The number of carbonyl (C=O) groups is 1. The standard InChI is InChI=1S/C15H24N2O/c1-11(15(2,3)4)14(18)17-10-9-12-5-7-13(16)8-6-12/h5-8,11H,9-10,16H2,1-4H3,(H,17,18). The lowest BCUT2D eigenvalue weighted by molar-refractivity contribution is -0.127. The van der Waals surface area contributed by atoms with Gasteiger partial charge in [-0.15, -0.1) is 0 Å². The Labute approximate surface area is 110 Å². The highest BCUT2D eigenvalue weighted by Gasteiger charge is 2.26. The van der Waals surface area contributed by atoms with Crippen LogP contribution in [0.25, 0.3) is 0 Å². The highest BCUT2D eigenvalue weighted by atomic mass is 16.1. The Morgan fingerprint density at radius 2 is 1.83 bits per heavy atom. The van der Waals surface area contributed by atoms with Crippen LogP contribution in [-0.4, -0.2) is 12.5 Å². The van der Waals surface area contributed by atoms with Gasteiger partial charge in [-0.05, 0) is 29.5 Å². The van der Waals surface area contributed by atoms with Crippen LogP contribution in [0.1, 0.15) is 33.3 Å². The van der Waals surface area contributed by atoms with Crippen molar-refractivity contribution in [2.24, 2.45) is 11.3 Å². The Bertz CT molecular complexity index is 390. The van der Waals surface area contributed by atoms with E-state index in [1.165, 1.54) is 5.56 Å². The first-order chi connectivity index (χ1) is 8.30. The van der Waals surface area contributed by atoms with Crippen molar-refractivity contribution in [3.8, 4) is 0 Å². The summed E-state index contributed by atoms with van der Waals surface area (Å²) < 4.78 is 0. The molecule has 1 atom stereocenters. The number of nitrogens with one attached hydrogen (secondary N) is 1. The molecule has 0 aromatic heterocycles. The maximum absolute atomic E-state index is 11.9. The number of nitrogen functional groups attached to an aromatic ring is 1. The molecule has 0 aliphatic carbocycles. The van der Waals surface area contributed by atoms with Gasteiger partial charge in [0.15, 0.2) is 0 Å². The maximum Gasteiger partial charge on any atom is 0.223 e. The Hall–Kier alpha value is -1.51. The predicted molar refractivity (Wildman–Crippen MR) is 76.2 cm³/mol. The van der Waals surface area contributed by atoms with E-state index < -0.39 is 0 Å². The van der Waals surface area contributed by atoms with E-state index in [0.29, 0.717) is 6.54 Å². The van der Waals surface area contributed by atoms with E-state index in [9.17, 15) is 4.79 Å². The van der Waals surface area contributed by atoms with E-state index in [2.05, 4.69) is 26.1 Å². The summed E-state index contributed by atoms with van der Waals surface area (Å²) in [6, 6.07) is 7.76. The normalized spacial score (nSPS) is 13.1. The van der Waals surface area contributed by atoms with Crippen molar-refractivity contribution in [1.29, 1.82) is 0 Å². The summed E-state index contributed by atoms with van der Waals surface area (Å²) in [6.45, 7) is 8.88. The Morgan fingerprint density at radius 1 is 1.28 bits per heavy atom. The second-order valence-corrected chi connectivity index (χ2v) is 5.87. The van der Waals surface area contributed by atoms with Crippen molar-refractivity contribution < 1.29 is 4.79 Å². The summed E-state index contributed by atoms with van der Waals surface area (Å²) >= 11 is 0. The highest BCUT2D eigenvalue weighted by Crippen LogP contribution is 2.25. The smallest absolute Gasteiger partial charge is 0.223 e. The third kappa shape index (κ3) is 4.40. The lowest BCUT2D eigenvalue weighted by atomic mass is 9.81. The van der Waals surface area contributed by atoms with Gasteiger partial charge in [-0.25, -0.2) is 0 Å². The van der Waals surface area contributed by atoms with Gasteiger partial charge in [0.05, 0.1) is 0 Å². The lowest BCUT2D eigenvalue weighted by Crippen LogP contribution is -2.37. The third-order valence-corrected chi connectivity index (χ3v) is 3.38. The van der Waals surface area contributed by atoms with Crippen LogP contribution in [0, 0.1) is 11.3 Å². The zero-order chi connectivity index (χ0) is 13.8. The molecule has 0 aliphatic heterocycles. The molecule has 0 saturated carbocycles. The molecule has 1 aromatic rings. The number of anilines is 1. The molecule has 100 valence electrons. The molecular weight excluding hydrogens is 224 g/mol. The molecule has 0 saturated heterocycles. The van der Waals surface area contributed by atoms with Gasteiger partial charge in [0.1, 0.15) is 0 Å². The molecule has 1 aromatic carbocycles. The van der Waals surface area contributed by atoms with Crippen LogP contribution in [0.5, 0.6) is 0 Å². The van der Waals surface area contributed by atoms with Gasteiger partial charge in [-0.3, -0.25) is 4.79 Å². The molecule has 0 bridgehead atoms. The topological polar surface area (TPSA) is 55.1 Å². The number of nitrogens with two attached hydrogens (primary N) is 1. The van der Waals surface area contributed by atoms with Crippen LogP contribution >= 0.6 is 0 Å². The summed E-state index contributed by atoms with van der Waals surface area (Å²) in [7, 11) is 0. The van der Waals surface area contributed by atoms with Crippen LogP contribution < -0.4 is 11.1 Å². The molecule has 3 heteroatoms. The van der Waals surface area contributed by atoms with Gasteiger partial charge < -0.3 is 11.1 Å². The Balaban J connectivity index is 2.38. The fourth-order valence-electron chi connectivity index (χ4n) is 1.56. The Kier molecular flexibility index (Phi) is 4.76. The van der Waals surface area contributed by atoms with Gasteiger partial charge in [0.25, 0.3) is 0 Å². The molecule has 0 spiro atoms. The molecule has 1 rings (SSSR count). The predicted octanol–water partition coefficient (Wildman–Crippen LogP) is 2.61. The molecule has 1 unspecified atom stereocenters. The number of rotatable bonds is 4. The molecule has 0 radical (unpaired) electrons. The fourth-order valence-corrected chi connectivity index (χ4v) is 1.56. The number of hydrogen-bond donors (Lipinski definition) is 2. The highest BCUT2D eigenvalue weighted by molar-refractivity contribution is 5.78. The Morgan fingerprint density at radius 3 is 2.33 bits per heavy atom. The largest absolute Gasteiger partial charge is 0.399 e. The molecule has 3 N–H and O–H groups in total. The van der Waals surface area contributed by atoms with Crippen LogP contribution in [-0.2, 0) is 11.2 Å². The number of amides is 1. The second-order valence-electron chi connectivity index (χ2n) is 5.87. The van der Waals surface area contributed by atoms with Crippen molar-refractivity contribution in [2.45, 2.75) is 34.1 Å². The molecule has 18 heavy (non-hydrogen) atoms. The first-order valence-corrected chi connectivity index (χ1v) is 6.43. The lowest BCUT2D eigenvalue weighted by Gasteiger charge is -2.26. The van der Waals surface area contributed by atoms with Crippen LogP contribution in [0.2, 0.25) is 0 Å². The molecule has 0 heterocycles. The third-order valence-electron chi connectivity index (χ3n) is 3.38. The zero-order valence-electron chi connectivity index (χ0n) is 11.8. The molecule has 3 nitrogen and oxygen atoms in total. The van der Waals surface area contributed by atoms with E-state index in [0.717, 1.165) is 12.1 Å². The monoisotopic (exact) mass is 248 g/mol. The summed E-state index contributed by atoms with van der Waals surface area (Å²) in [6.07, 6.45) is 0.836. The first kappa shape index (κ1) is 14.6. The average Bonchev–Trinajstić information content (AvgIpc) is 2.29. The minimum absolute atomic E-state index is 0.00524. The van der Waals surface area contributed by atoms with Gasteiger partial charge in [-0.2, -0.15) is 0 Å². The van der Waals surface area contributed by atoms with E-state index >= 15 is 0 Å². The number of carbonyl (C=O) groups excluding carboxylic acids is 1. The van der Waals surface area contributed by atoms with Crippen LogP contribution in [0.3, 0.4) is 0 Å². The summed E-state index contributed by atoms with van der Waals surface area (Å²) in [4.78, 5) is 11.9. The van der Waals surface area contributed by atoms with Crippen molar-refractivity contribution >= 4 is 11.6 Å². The fraction of sp³-hybridized carbons (Fsp3) is 0.533. The van der Waals surface area contributed by atoms with E-state index in [1.54, 1.807) is 0 Å². The van der Waals surface area contributed by atoms with Crippen molar-refractivity contribution in [3.05, 3.63) is 29.8 Å². The molecule has 1 amide bonds. The van der Waals surface area contributed by atoms with Gasteiger partial charge in [-0.1, -0.05) is 39.8 Å². The summed E-state index contributed by atoms with van der Waals surface area (Å²) in [5.41, 5.74) is 7.58. The van der Waals surface area contributed by atoms with Gasteiger partial charge in [0, 0.05) is 18.2 Å². The summed E-state index contributed by atoms with van der Waals surface area (Å²) in [5.74, 6) is 0.141. The molecule has 0 fully saturated rings. The van der Waals surface area contributed by atoms with Crippen LogP contribution in [0.4, 0.5) is 5.69 Å². The SMILES string of the molecule is CC(C(=O)NCCc1ccc(N)cc1)C(C)(C)C. The van der Waals surface area contributed by atoms with Gasteiger partial charge >= 0.3 is 0 Å². The van der Waals surface area contributed by atoms with Crippen molar-refractivity contribution in [3.63, 3.8) is 0 Å². The van der Waals surface area contributed by atoms with Crippen LogP contribution in [0.15, 0.2) is 24.3 Å². The number of benzene rings is 1. The van der Waals surface area contributed by atoms with Crippen molar-refractivity contribution in [1.82, 2.24) is 5.32 Å². The molecule has 0 aliphatic rings. The first-order valence-electron chi connectivity index (χ1n) is 6.43. The number of hydrogen-bond acceptors (Lipinski definition) is 2.